The van der Waals surface area contributed by atoms with Crippen LogP contribution in [0.1, 0.15) is 47.1 Å². The molecule has 108 valence electrons. The van der Waals surface area contributed by atoms with E-state index >= 15 is 0 Å². The molecule has 0 amide bonds. The maximum absolute atomic E-state index is 4.27. The van der Waals surface area contributed by atoms with E-state index in [-0.39, 0.29) is 5.54 Å². The zero-order valence-corrected chi connectivity index (χ0v) is 13.5. The lowest BCUT2D eigenvalue weighted by Gasteiger charge is -2.32. The fourth-order valence-corrected chi connectivity index (χ4v) is 1.93. The van der Waals surface area contributed by atoms with Crippen molar-refractivity contribution >= 4 is 5.69 Å². The zero-order valence-electron chi connectivity index (χ0n) is 13.5. The molecule has 0 spiro atoms. The van der Waals surface area contributed by atoms with Gasteiger partial charge in [-0.2, -0.15) is 0 Å². The summed E-state index contributed by atoms with van der Waals surface area (Å²) >= 11 is 0. The first-order valence-corrected chi connectivity index (χ1v) is 7.13. The predicted octanol–water partition coefficient (Wildman–Crippen LogP) is 3.45. The summed E-state index contributed by atoms with van der Waals surface area (Å²) in [6.45, 7) is 14.2. The normalized spacial score (nSPS) is 13.7. The molecule has 0 aromatic carbocycles. The Hall–Kier alpha value is -1.09. The molecule has 0 aliphatic rings. The smallest absolute Gasteiger partial charge is 0.0442 e. The average Bonchev–Trinajstić information content (AvgIpc) is 2.34. The van der Waals surface area contributed by atoms with E-state index in [1.807, 2.05) is 12.4 Å². The molecular formula is C16H29N3. The number of nitrogens with zero attached hydrogens (tertiary/aromatic N) is 2. The van der Waals surface area contributed by atoms with E-state index in [0.717, 1.165) is 6.54 Å². The number of hydrogen-bond acceptors (Lipinski definition) is 3. The van der Waals surface area contributed by atoms with Crippen molar-refractivity contribution in [2.45, 2.75) is 59.7 Å². The third kappa shape index (κ3) is 4.83. The number of pyridine rings is 1. The van der Waals surface area contributed by atoms with Crippen LogP contribution in [-0.4, -0.2) is 23.6 Å². The molecular weight excluding hydrogens is 234 g/mol. The SMILES string of the molecule is CC(C)C(C)N(C)c1ccncc1CNC(C)(C)C. The predicted molar refractivity (Wildman–Crippen MR) is 83.5 cm³/mol. The molecule has 1 heterocycles. The van der Waals surface area contributed by atoms with E-state index in [4.69, 9.17) is 0 Å². The fraction of sp³-hybridized carbons (Fsp3) is 0.688. The van der Waals surface area contributed by atoms with Crippen molar-refractivity contribution in [2.24, 2.45) is 5.92 Å². The maximum Gasteiger partial charge on any atom is 0.0442 e. The van der Waals surface area contributed by atoms with Gasteiger partial charge in [-0.1, -0.05) is 13.8 Å². The van der Waals surface area contributed by atoms with Gasteiger partial charge in [-0.15, -0.1) is 0 Å². The molecule has 1 N–H and O–H groups in total. The van der Waals surface area contributed by atoms with Crippen molar-refractivity contribution < 1.29 is 0 Å². The quantitative estimate of drug-likeness (QED) is 0.882. The van der Waals surface area contributed by atoms with E-state index in [1.54, 1.807) is 0 Å². The Balaban J connectivity index is 2.89. The molecule has 3 nitrogen and oxygen atoms in total. The minimum Gasteiger partial charge on any atom is -0.371 e. The maximum atomic E-state index is 4.27. The summed E-state index contributed by atoms with van der Waals surface area (Å²) in [6, 6.07) is 2.62. The summed E-state index contributed by atoms with van der Waals surface area (Å²) in [5, 5.41) is 3.53. The number of anilines is 1. The van der Waals surface area contributed by atoms with Crippen LogP contribution in [-0.2, 0) is 6.54 Å². The highest BCUT2D eigenvalue weighted by Gasteiger charge is 2.17. The zero-order chi connectivity index (χ0) is 14.6. The highest BCUT2D eigenvalue weighted by Crippen LogP contribution is 2.23. The van der Waals surface area contributed by atoms with Gasteiger partial charge in [0.2, 0.25) is 0 Å². The third-order valence-electron chi connectivity index (χ3n) is 3.64. The molecule has 0 fully saturated rings. The Kier molecular flexibility index (Phi) is 5.36. The monoisotopic (exact) mass is 263 g/mol. The van der Waals surface area contributed by atoms with Crippen molar-refractivity contribution in [3.05, 3.63) is 24.0 Å². The highest BCUT2D eigenvalue weighted by atomic mass is 15.1. The fourth-order valence-electron chi connectivity index (χ4n) is 1.93. The Labute approximate surface area is 118 Å². The van der Waals surface area contributed by atoms with E-state index in [9.17, 15) is 0 Å². The molecule has 1 atom stereocenters. The number of rotatable bonds is 5. The van der Waals surface area contributed by atoms with Crippen LogP contribution in [0.5, 0.6) is 0 Å². The van der Waals surface area contributed by atoms with Crippen LogP contribution in [0, 0.1) is 5.92 Å². The van der Waals surface area contributed by atoms with Crippen LogP contribution in [0.2, 0.25) is 0 Å². The van der Waals surface area contributed by atoms with Gasteiger partial charge in [0, 0.05) is 48.8 Å². The molecule has 0 saturated heterocycles. The van der Waals surface area contributed by atoms with Gasteiger partial charge in [-0.05, 0) is 39.7 Å². The van der Waals surface area contributed by atoms with Crippen LogP contribution >= 0.6 is 0 Å². The highest BCUT2D eigenvalue weighted by molar-refractivity contribution is 5.52. The van der Waals surface area contributed by atoms with Crippen molar-refractivity contribution in [2.75, 3.05) is 11.9 Å². The second-order valence-electron chi connectivity index (χ2n) is 6.70. The summed E-state index contributed by atoms with van der Waals surface area (Å²) in [5.41, 5.74) is 2.65. The number of aromatic nitrogens is 1. The molecule has 0 radical (unpaired) electrons. The summed E-state index contributed by atoms with van der Waals surface area (Å²) in [6.07, 6.45) is 3.84. The van der Waals surface area contributed by atoms with Crippen LogP contribution in [0.15, 0.2) is 18.5 Å². The first-order chi connectivity index (χ1) is 8.72. The molecule has 1 rings (SSSR count). The van der Waals surface area contributed by atoms with Crippen molar-refractivity contribution in [3.63, 3.8) is 0 Å². The van der Waals surface area contributed by atoms with Gasteiger partial charge in [-0.3, -0.25) is 4.98 Å². The van der Waals surface area contributed by atoms with Gasteiger partial charge < -0.3 is 10.2 Å². The lowest BCUT2D eigenvalue weighted by atomic mass is 10.0. The Bertz CT molecular complexity index is 393. The molecule has 0 aliphatic heterocycles. The van der Waals surface area contributed by atoms with E-state index in [0.29, 0.717) is 12.0 Å². The minimum atomic E-state index is 0.120. The largest absolute Gasteiger partial charge is 0.371 e. The Morgan fingerprint density at radius 2 is 1.89 bits per heavy atom. The molecule has 0 saturated carbocycles. The van der Waals surface area contributed by atoms with Crippen molar-refractivity contribution in [3.8, 4) is 0 Å². The first-order valence-electron chi connectivity index (χ1n) is 7.13. The van der Waals surface area contributed by atoms with Crippen LogP contribution < -0.4 is 10.2 Å². The summed E-state index contributed by atoms with van der Waals surface area (Å²) in [5.74, 6) is 0.626. The standard InChI is InChI=1S/C16H29N3/c1-12(2)13(3)19(7)15-8-9-17-10-14(15)11-18-16(4,5)6/h8-10,12-13,18H,11H2,1-7H3. The van der Waals surface area contributed by atoms with Crippen molar-refractivity contribution in [1.82, 2.24) is 10.3 Å². The van der Waals surface area contributed by atoms with Gasteiger partial charge in [0.1, 0.15) is 0 Å². The molecule has 1 aromatic rings. The summed E-state index contributed by atoms with van der Waals surface area (Å²) in [4.78, 5) is 6.62. The number of hydrogen-bond donors (Lipinski definition) is 1. The van der Waals surface area contributed by atoms with Gasteiger partial charge in [-0.25, -0.2) is 0 Å². The van der Waals surface area contributed by atoms with Gasteiger partial charge in [0.05, 0.1) is 0 Å². The van der Waals surface area contributed by atoms with Crippen LogP contribution in [0.3, 0.4) is 0 Å². The van der Waals surface area contributed by atoms with Gasteiger partial charge in [0.25, 0.3) is 0 Å². The number of nitrogens with one attached hydrogen (secondary N) is 1. The third-order valence-corrected chi connectivity index (χ3v) is 3.64. The molecule has 0 aliphatic carbocycles. The van der Waals surface area contributed by atoms with Crippen LogP contribution in [0.4, 0.5) is 5.69 Å². The van der Waals surface area contributed by atoms with Crippen LogP contribution in [0.25, 0.3) is 0 Å². The second kappa shape index (κ2) is 6.38. The van der Waals surface area contributed by atoms with Gasteiger partial charge in [0.15, 0.2) is 0 Å². The molecule has 1 aromatic heterocycles. The lowest BCUT2D eigenvalue weighted by molar-refractivity contribution is 0.423. The molecule has 0 bridgehead atoms. The minimum absolute atomic E-state index is 0.120. The van der Waals surface area contributed by atoms with E-state index in [1.165, 1.54) is 11.3 Å². The Morgan fingerprint density at radius 1 is 1.26 bits per heavy atom. The Morgan fingerprint density at radius 3 is 2.42 bits per heavy atom. The average molecular weight is 263 g/mol. The van der Waals surface area contributed by atoms with Crippen molar-refractivity contribution in [1.29, 1.82) is 0 Å². The molecule has 19 heavy (non-hydrogen) atoms. The topological polar surface area (TPSA) is 28.2 Å². The van der Waals surface area contributed by atoms with Gasteiger partial charge >= 0.3 is 0 Å². The molecule has 3 heteroatoms. The van der Waals surface area contributed by atoms with E-state index in [2.05, 4.69) is 69.9 Å². The second-order valence-corrected chi connectivity index (χ2v) is 6.70. The summed E-state index contributed by atoms with van der Waals surface area (Å²) < 4.78 is 0. The first kappa shape index (κ1) is 16.0. The summed E-state index contributed by atoms with van der Waals surface area (Å²) in [7, 11) is 2.17. The molecule has 1 unspecified atom stereocenters. The van der Waals surface area contributed by atoms with E-state index < -0.39 is 0 Å². The lowest BCUT2D eigenvalue weighted by Crippen LogP contribution is -2.37.